The molecule has 3 nitrogen and oxygen atoms in total. The summed E-state index contributed by atoms with van der Waals surface area (Å²) in [6.07, 6.45) is 3.31. The highest BCUT2D eigenvalue weighted by molar-refractivity contribution is 5.71. The molecule has 0 aliphatic carbocycles. The third-order valence-corrected chi connectivity index (χ3v) is 4.75. The lowest BCUT2D eigenvalue weighted by atomic mass is 10.1. The van der Waals surface area contributed by atoms with E-state index in [2.05, 4.69) is 4.98 Å². The molecule has 0 aliphatic rings. The second-order valence-electron chi connectivity index (χ2n) is 6.63. The van der Waals surface area contributed by atoms with Crippen LogP contribution < -0.4 is 5.56 Å². The van der Waals surface area contributed by atoms with Gasteiger partial charge in [-0.05, 0) is 42.8 Å². The van der Waals surface area contributed by atoms with Crippen molar-refractivity contribution in [2.24, 2.45) is 0 Å². The summed E-state index contributed by atoms with van der Waals surface area (Å²) in [6.45, 7) is 1.90. The van der Waals surface area contributed by atoms with Crippen LogP contribution in [0.4, 0.5) is 4.39 Å². The quantitative estimate of drug-likeness (QED) is 0.466. The largest absolute Gasteiger partial charge is 0.298 e. The molecule has 0 fully saturated rings. The van der Waals surface area contributed by atoms with Gasteiger partial charge >= 0.3 is 0 Å². The van der Waals surface area contributed by atoms with Crippen LogP contribution in [0.2, 0.25) is 0 Å². The van der Waals surface area contributed by atoms with Gasteiger partial charge in [0.25, 0.3) is 5.56 Å². The van der Waals surface area contributed by atoms with Crippen molar-refractivity contribution >= 4 is 12.2 Å². The van der Waals surface area contributed by atoms with E-state index in [1.54, 1.807) is 30.4 Å². The summed E-state index contributed by atoms with van der Waals surface area (Å²) in [7, 11) is 0. The summed E-state index contributed by atoms with van der Waals surface area (Å²) in [6, 6.07) is 25.7. The fourth-order valence-electron chi connectivity index (χ4n) is 3.37. The molecule has 4 rings (SSSR count). The van der Waals surface area contributed by atoms with Crippen molar-refractivity contribution in [3.05, 3.63) is 118 Å². The smallest absolute Gasteiger partial charge is 0.281 e. The van der Waals surface area contributed by atoms with Gasteiger partial charge in [0.1, 0.15) is 11.6 Å². The lowest BCUT2D eigenvalue weighted by molar-refractivity contribution is 0.625. The summed E-state index contributed by atoms with van der Waals surface area (Å²) in [5, 5.41) is 0. The molecule has 29 heavy (non-hydrogen) atoms. The van der Waals surface area contributed by atoms with Gasteiger partial charge in [0.2, 0.25) is 0 Å². The van der Waals surface area contributed by atoms with Crippen LogP contribution in [0.15, 0.2) is 89.7 Å². The van der Waals surface area contributed by atoms with Crippen LogP contribution in [0, 0.1) is 12.7 Å². The van der Waals surface area contributed by atoms with Gasteiger partial charge in [-0.2, -0.15) is 4.98 Å². The molecule has 0 bridgehead atoms. The van der Waals surface area contributed by atoms with E-state index in [1.807, 2.05) is 72.2 Å². The first kappa shape index (κ1) is 18.6. The number of nitrogens with zero attached hydrogens (tertiary/aromatic N) is 2. The van der Waals surface area contributed by atoms with Gasteiger partial charge < -0.3 is 0 Å². The van der Waals surface area contributed by atoms with Crippen LogP contribution in [-0.2, 0) is 0 Å². The number of para-hydroxylation sites is 1. The molecule has 0 spiro atoms. The number of hydrogen-bond donors (Lipinski definition) is 0. The molecule has 0 unspecified atom stereocenters. The third-order valence-electron chi connectivity index (χ3n) is 4.75. The van der Waals surface area contributed by atoms with Crippen LogP contribution in [0.3, 0.4) is 0 Å². The van der Waals surface area contributed by atoms with Crippen LogP contribution in [0.1, 0.15) is 17.1 Å². The van der Waals surface area contributed by atoms with E-state index < -0.39 is 0 Å². The fourth-order valence-corrected chi connectivity index (χ4v) is 3.37. The molecule has 1 aromatic heterocycles. The Morgan fingerprint density at radius 3 is 2.14 bits per heavy atom. The van der Waals surface area contributed by atoms with E-state index in [4.69, 9.17) is 0 Å². The molecule has 0 atom stereocenters. The van der Waals surface area contributed by atoms with Crippen molar-refractivity contribution in [1.82, 2.24) is 9.55 Å². The van der Waals surface area contributed by atoms with Gasteiger partial charge in [-0.1, -0.05) is 66.7 Å². The summed E-state index contributed by atoms with van der Waals surface area (Å²) in [5.74, 6) is 0.122. The molecule has 0 N–H and O–H groups in total. The Bertz CT molecular complexity index is 1230. The summed E-state index contributed by atoms with van der Waals surface area (Å²) >= 11 is 0. The number of halogens is 1. The van der Waals surface area contributed by atoms with Crippen LogP contribution >= 0.6 is 0 Å². The first-order valence-electron chi connectivity index (χ1n) is 9.32. The lowest BCUT2D eigenvalue weighted by Gasteiger charge is -2.17. The van der Waals surface area contributed by atoms with Crippen molar-refractivity contribution in [1.29, 1.82) is 0 Å². The number of benzene rings is 3. The topological polar surface area (TPSA) is 34.9 Å². The minimum absolute atomic E-state index is 0.311. The molecule has 0 radical (unpaired) electrons. The highest BCUT2D eigenvalue weighted by atomic mass is 19.1. The molecule has 1 heterocycles. The summed E-state index contributed by atoms with van der Waals surface area (Å²) in [4.78, 5) is 17.2. The van der Waals surface area contributed by atoms with Crippen molar-refractivity contribution in [2.45, 2.75) is 6.92 Å². The van der Waals surface area contributed by atoms with Gasteiger partial charge in [0.15, 0.2) is 0 Å². The van der Waals surface area contributed by atoms with Crippen molar-refractivity contribution in [3.63, 3.8) is 0 Å². The van der Waals surface area contributed by atoms with Crippen LogP contribution in [0.5, 0.6) is 0 Å². The highest BCUT2D eigenvalue weighted by Gasteiger charge is 2.15. The maximum Gasteiger partial charge on any atom is 0.281 e. The van der Waals surface area contributed by atoms with E-state index in [1.165, 1.54) is 6.07 Å². The zero-order chi connectivity index (χ0) is 20.2. The number of rotatable bonds is 4. The molecule has 4 heteroatoms. The Labute approximate surface area is 168 Å². The molecular formula is C25H19FN2O. The van der Waals surface area contributed by atoms with E-state index in [0.29, 0.717) is 17.0 Å². The van der Waals surface area contributed by atoms with E-state index in [-0.39, 0.29) is 11.4 Å². The van der Waals surface area contributed by atoms with Gasteiger partial charge in [0.05, 0.1) is 5.56 Å². The second-order valence-corrected chi connectivity index (χ2v) is 6.63. The minimum Gasteiger partial charge on any atom is -0.298 e. The van der Waals surface area contributed by atoms with Crippen LogP contribution in [0.25, 0.3) is 29.0 Å². The normalized spacial score (nSPS) is 11.1. The van der Waals surface area contributed by atoms with Crippen molar-refractivity contribution in [3.8, 4) is 16.8 Å². The monoisotopic (exact) mass is 382 g/mol. The number of hydrogen-bond acceptors (Lipinski definition) is 2. The Balaban J connectivity index is 1.94. The Morgan fingerprint density at radius 2 is 1.45 bits per heavy atom. The zero-order valence-corrected chi connectivity index (χ0v) is 15.9. The van der Waals surface area contributed by atoms with Gasteiger partial charge in [-0.3, -0.25) is 9.36 Å². The van der Waals surface area contributed by atoms with Gasteiger partial charge in [0, 0.05) is 16.9 Å². The van der Waals surface area contributed by atoms with Crippen molar-refractivity contribution < 1.29 is 4.39 Å². The number of aromatic nitrogens is 2. The molecule has 142 valence electrons. The molecule has 3 aromatic carbocycles. The fraction of sp³-hybridized carbons (Fsp3) is 0.0400. The SMILES string of the molecule is Cc1c(-c2ccccc2)c(=O)nc(C=Cc2ccccc2F)n1-c1ccccc1. The molecular weight excluding hydrogens is 363 g/mol. The molecule has 4 aromatic rings. The minimum atomic E-state index is -0.324. The maximum absolute atomic E-state index is 14.0. The predicted molar refractivity (Wildman–Crippen MR) is 115 cm³/mol. The first-order valence-corrected chi connectivity index (χ1v) is 9.32. The molecule has 0 saturated heterocycles. The summed E-state index contributed by atoms with van der Waals surface area (Å²) < 4.78 is 15.9. The highest BCUT2D eigenvalue weighted by Crippen LogP contribution is 2.23. The first-order chi connectivity index (χ1) is 14.1. The Kier molecular flexibility index (Phi) is 5.16. The average Bonchev–Trinajstić information content (AvgIpc) is 2.74. The average molecular weight is 382 g/mol. The van der Waals surface area contributed by atoms with E-state index >= 15 is 0 Å². The van der Waals surface area contributed by atoms with Crippen LogP contribution in [-0.4, -0.2) is 9.55 Å². The predicted octanol–water partition coefficient (Wildman–Crippen LogP) is 5.52. The van der Waals surface area contributed by atoms with E-state index in [0.717, 1.165) is 16.9 Å². The Morgan fingerprint density at radius 1 is 0.828 bits per heavy atom. The van der Waals surface area contributed by atoms with Gasteiger partial charge in [-0.15, -0.1) is 0 Å². The van der Waals surface area contributed by atoms with Crippen molar-refractivity contribution in [2.75, 3.05) is 0 Å². The molecule has 0 saturated carbocycles. The standard InChI is InChI=1S/C25H19FN2O/c1-18-24(20-11-4-2-5-12-20)25(29)27-23(28(18)21-13-6-3-7-14-21)17-16-19-10-8-9-15-22(19)26/h2-17H,1H3. The summed E-state index contributed by atoms with van der Waals surface area (Å²) in [5.41, 5.74) is 3.15. The lowest BCUT2D eigenvalue weighted by Crippen LogP contribution is -2.20. The zero-order valence-electron chi connectivity index (χ0n) is 15.9. The maximum atomic E-state index is 14.0. The second kappa shape index (κ2) is 8.07. The molecule has 0 aliphatic heterocycles. The Hall–Kier alpha value is -3.79. The third kappa shape index (κ3) is 3.78. The van der Waals surface area contributed by atoms with E-state index in [9.17, 15) is 9.18 Å². The molecule has 0 amide bonds. The van der Waals surface area contributed by atoms with Gasteiger partial charge in [-0.25, -0.2) is 4.39 Å².